The summed E-state index contributed by atoms with van der Waals surface area (Å²) in [5.41, 5.74) is 1.35. The molecule has 4 nitrogen and oxygen atoms in total. The fourth-order valence-corrected chi connectivity index (χ4v) is 3.18. The monoisotopic (exact) mass is 261 g/mol. The highest BCUT2D eigenvalue weighted by Crippen LogP contribution is 2.41. The van der Waals surface area contributed by atoms with E-state index in [2.05, 4.69) is 21.3 Å². The lowest BCUT2D eigenvalue weighted by atomic mass is 9.76. The van der Waals surface area contributed by atoms with Gasteiger partial charge in [0.15, 0.2) is 0 Å². The van der Waals surface area contributed by atoms with E-state index in [0.717, 1.165) is 32.1 Å². The average molecular weight is 261 g/mol. The fourth-order valence-electron chi connectivity index (χ4n) is 3.18. The van der Waals surface area contributed by atoms with Crippen LogP contribution in [0.15, 0.2) is 18.3 Å². The third-order valence-corrected chi connectivity index (χ3v) is 4.45. The minimum atomic E-state index is 0.550. The number of nitrogens with zero attached hydrogens (tertiary/aromatic N) is 2. The van der Waals surface area contributed by atoms with Gasteiger partial charge in [0, 0.05) is 44.5 Å². The zero-order valence-corrected chi connectivity index (χ0v) is 11.6. The normalized spacial score (nSPS) is 22.8. The van der Waals surface area contributed by atoms with Crippen LogP contribution < -0.4 is 10.1 Å². The van der Waals surface area contributed by atoms with E-state index >= 15 is 0 Å². The van der Waals surface area contributed by atoms with Gasteiger partial charge in [-0.15, -0.1) is 0 Å². The van der Waals surface area contributed by atoms with Gasteiger partial charge in [-0.25, -0.2) is 4.98 Å². The number of methoxy groups -OCH3 is 1. The first-order chi connectivity index (χ1) is 9.38. The summed E-state index contributed by atoms with van der Waals surface area (Å²) in [6.07, 6.45) is 6.11. The molecule has 1 saturated heterocycles. The van der Waals surface area contributed by atoms with Crippen LogP contribution in [0.4, 0.5) is 0 Å². The summed E-state index contributed by atoms with van der Waals surface area (Å²) in [6.45, 7) is 4.50. The van der Waals surface area contributed by atoms with Crippen LogP contribution >= 0.6 is 0 Å². The summed E-state index contributed by atoms with van der Waals surface area (Å²) in [5, 5.41) is 3.44. The first-order valence-corrected chi connectivity index (χ1v) is 7.33. The maximum atomic E-state index is 5.16. The highest BCUT2D eigenvalue weighted by atomic mass is 16.5. The van der Waals surface area contributed by atoms with Gasteiger partial charge in [-0.2, -0.15) is 0 Å². The van der Waals surface area contributed by atoms with Crippen molar-refractivity contribution < 1.29 is 4.74 Å². The van der Waals surface area contributed by atoms with Crippen molar-refractivity contribution in [1.29, 1.82) is 0 Å². The van der Waals surface area contributed by atoms with Gasteiger partial charge < -0.3 is 10.1 Å². The Bertz CT molecular complexity index is 396. The van der Waals surface area contributed by atoms with Gasteiger partial charge in [-0.1, -0.05) is 12.5 Å². The van der Waals surface area contributed by atoms with Crippen molar-refractivity contribution in [3.8, 4) is 5.88 Å². The molecule has 3 rings (SSSR count). The molecule has 1 aromatic heterocycles. The molecule has 1 saturated carbocycles. The van der Waals surface area contributed by atoms with Crippen LogP contribution in [0.25, 0.3) is 0 Å². The van der Waals surface area contributed by atoms with Gasteiger partial charge >= 0.3 is 0 Å². The topological polar surface area (TPSA) is 37.4 Å². The van der Waals surface area contributed by atoms with E-state index in [1.54, 1.807) is 7.11 Å². The van der Waals surface area contributed by atoms with Gasteiger partial charge in [0.25, 0.3) is 0 Å². The SMILES string of the molecule is COc1ccc([C@H](C2CCC2)N2CCNCC2)cn1. The minimum absolute atomic E-state index is 0.550. The van der Waals surface area contributed by atoms with E-state index in [4.69, 9.17) is 4.74 Å². The van der Waals surface area contributed by atoms with Gasteiger partial charge in [0.1, 0.15) is 0 Å². The second-order valence-electron chi connectivity index (χ2n) is 5.56. The van der Waals surface area contributed by atoms with E-state index < -0.39 is 0 Å². The quantitative estimate of drug-likeness (QED) is 0.897. The molecular formula is C15H23N3O. The summed E-state index contributed by atoms with van der Waals surface area (Å²) >= 11 is 0. The molecule has 2 heterocycles. The Kier molecular flexibility index (Phi) is 3.99. The fraction of sp³-hybridized carbons (Fsp3) is 0.667. The van der Waals surface area contributed by atoms with Crippen molar-refractivity contribution in [2.75, 3.05) is 33.3 Å². The molecule has 19 heavy (non-hydrogen) atoms. The Hall–Kier alpha value is -1.13. The Morgan fingerprint density at radius 1 is 1.32 bits per heavy atom. The molecule has 1 aliphatic carbocycles. The summed E-state index contributed by atoms with van der Waals surface area (Å²) in [5.74, 6) is 1.52. The first-order valence-electron chi connectivity index (χ1n) is 7.33. The summed E-state index contributed by atoms with van der Waals surface area (Å²) in [4.78, 5) is 7.02. The van der Waals surface area contributed by atoms with Crippen LogP contribution in [-0.4, -0.2) is 43.2 Å². The van der Waals surface area contributed by atoms with Crippen LogP contribution in [0.5, 0.6) is 5.88 Å². The molecule has 0 radical (unpaired) electrons. The van der Waals surface area contributed by atoms with E-state index in [9.17, 15) is 0 Å². The molecule has 0 spiro atoms. The largest absolute Gasteiger partial charge is 0.481 e. The van der Waals surface area contributed by atoms with Crippen LogP contribution in [0.2, 0.25) is 0 Å². The number of rotatable bonds is 4. The highest BCUT2D eigenvalue weighted by Gasteiger charge is 2.33. The van der Waals surface area contributed by atoms with Crippen LogP contribution in [-0.2, 0) is 0 Å². The second-order valence-corrected chi connectivity index (χ2v) is 5.56. The Morgan fingerprint density at radius 3 is 2.63 bits per heavy atom. The Morgan fingerprint density at radius 2 is 2.11 bits per heavy atom. The lowest BCUT2D eigenvalue weighted by molar-refractivity contribution is 0.0834. The summed E-state index contributed by atoms with van der Waals surface area (Å²) < 4.78 is 5.16. The molecule has 2 aliphatic rings. The highest BCUT2D eigenvalue weighted by molar-refractivity contribution is 5.22. The molecule has 0 aromatic carbocycles. The van der Waals surface area contributed by atoms with E-state index in [1.165, 1.54) is 24.8 Å². The molecule has 0 bridgehead atoms. The second kappa shape index (κ2) is 5.88. The van der Waals surface area contributed by atoms with Gasteiger partial charge in [-0.3, -0.25) is 4.90 Å². The maximum Gasteiger partial charge on any atom is 0.212 e. The van der Waals surface area contributed by atoms with Crippen LogP contribution in [0, 0.1) is 5.92 Å². The molecule has 1 N–H and O–H groups in total. The Balaban J connectivity index is 1.80. The zero-order chi connectivity index (χ0) is 13.1. The number of pyridine rings is 1. The molecular weight excluding hydrogens is 238 g/mol. The average Bonchev–Trinajstić information content (AvgIpc) is 2.44. The number of piperazine rings is 1. The van der Waals surface area contributed by atoms with Crippen LogP contribution in [0.3, 0.4) is 0 Å². The third-order valence-electron chi connectivity index (χ3n) is 4.45. The molecule has 1 aromatic rings. The summed E-state index contributed by atoms with van der Waals surface area (Å²) in [6, 6.07) is 4.73. The van der Waals surface area contributed by atoms with Crippen molar-refractivity contribution in [1.82, 2.24) is 15.2 Å². The maximum absolute atomic E-state index is 5.16. The predicted octanol–water partition coefficient (Wildman–Crippen LogP) is 1.84. The van der Waals surface area contributed by atoms with Gasteiger partial charge in [0.2, 0.25) is 5.88 Å². The number of aromatic nitrogens is 1. The first kappa shape index (κ1) is 12.9. The Labute approximate surface area is 115 Å². The van der Waals surface area contributed by atoms with Gasteiger partial charge in [0.05, 0.1) is 7.11 Å². The molecule has 0 amide bonds. The minimum Gasteiger partial charge on any atom is -0.481 e. The molecule has 4 heteroatoms. The zero-order valence-electron chi connectivity index (χ0n) is 11.6. The lowest BCUT2D eigenvalue weighted by Gasteiger charge is -2.43. The molecule has 0 unspecified atom stereocenters. The smallest absolute Gasteiger partial charge is 0.212 e. The van der Waals surface area contributed by atoms with Crippen molar-refractivity contribution >= 4 is 0 Å². The number of nitrogens with one attached hydrogen (secondary N) is 1. The van der Waals surface area contributed by atoms with Crippen LogP contribution in [0.1, 0.15) is 30.9 Å². The predicted molar refractivity (Wildman–Crippen MR) is 75.3 cm³/mol. The summed E-state index contributed by atoms with van der Waals surface area (Å²) in [7, 11) is 1.67. The molecule has 1 atom stereocenters. The van der Waals surface area contributed by atoms with Crippen molar-refractivity contribution in [3.05, 3.63) is 23.9 Å². The molecule has 2 fully saturated rings. The standard InChI is InChI=1S/C15H23N3O/c1-19-14-6-5-13(11-17-14)15(12-3-2-4-12)18-9-7-16-8-10-18/h5-6,11-12,15-16H,2-4,7-10H2,1H3/t15-/m0/s1. The van der Waals surface area contributed by atoms with Gasteiger partial charge in [-0.05, 0) is 24.3 Å². The number of hydrogen-bond donors (Lipinski definition) is 1. The van der Waals surface area contributed by atoms with Crippen molar-refractivity contribution in [2.45, 2.75) is 25.3 Å². The third kappa shape index (κ3) is 2.74. The van der Waals surface area contributed by atoms with E-state index in [1.807, 2.05) is 12.3 Å². The molecule has 1 aliphatic heterocycles. The number of hydrogen-bond acceptors (Lipinski definition) is 4. The van der Waals surface area contributed by atoms with Crippen molar-refractivity contribution in [2.24, 2.45) is 5.92 Å². The lowest BCUT2D eigenvalue weighted by Crippen LogP contribution is -2.47. The van der Waals surface area contributed by atoms with E-state index in [-0.39, 0.29) is 0 Å². The van der Waals surface area contributed by atoms with Crippen molar-refractivity contribution in [3.63, 3.8) is 0 Å². The van der Waals surface area contributed by atoms with E-state index in [0.29, 0.717) is 11.9 Å². The molecule has 104 valence electrons. The number of ether oxygens (including phenoxy) is 1.